The van der Waals surface area contributed by atoms with Gasteiger partial charge in [0.2, 0.25) is 0 Å². The Morgan fingerprint density at radius 3 is 2.39 bits per heavy atom. The second-order valence-electron chi connectivity index (χ2n) is 8.91. The van der Waals surface area contributed by atoms with E-state index in [4.69, 9.17) is 0 Å². The third kappa shape index (κ3) is 4.58. The molecule has 3 aliphatic rings. The van der Waals surface area contributed by atoms with Crippen LogP contribution in [0, 0.1) is 0 Å². The number of nitrogens with zero attached hydrogens (tertiary/aromatic N) is 3. The summed E-state index contributed by atoms with van der Waals surface area (Å²) < 4.78 is 0. The van der Waals surface area contributed by atoms with Crippen LogP contribution in [-0.4, -0.2) is 83.2 Å². The lowest BCUT2D eigenvalue weighted by molar-refractivity contribution is -0.159. The number of piperidine rings is 2. The Morgan fingerprint density at radius 1 is 0.964 bits per heavy atom. The molecule has 0 bridgehead atoms. The summed E-state index contributed by atoms with van der Waals surface area (Å²) in [7, 11) is 0. The predicted molar refractivity (Wildman–Crippen MR) is 111 cm³/mol. The zero-order valence-electron chi connectivity index (χ0n) is 17.1. The largest absolute Gasteiger partial charge is 0.379 e. The number of hydrogen-bond acceptors (Lipinski definition) is 4. The van der Waals surface area contributed by atoms with Gasteiger partial charge in [0.1, 0.15) is 0 Å². The summed E-state index contributed by atoms with van der Waals surface area (Å²) in [5.41, 5.74) is 0.0449. The van der Waals surface area contributed by atoms with Gasteiger partial charge in [-0.25, -0.2) is 0 Å². The molecule has 0 aliphatic carbocycles. The molecule has 28 heavy (non-hydrogen) atoms. The first-order valence-corrected chi connectivity index (χ1v) is 11.2. The highest BCUT2D eigenvalue weighted by Gasteiger charge is 2.43. The third-order valence-electron chi connectivity index (χ3n) is 6.92. The molecule has 1 N–H and O–H groups in total. The zero-order valence-corrected chi connectivity index (χ0v) is 17.1. The first-order chi connectivity index (χ1) is 13.6. The van der Waals surface area contributed by atoms with E-state index >= 15 is 0 Å². The normalized spacial score (nSPS) is 28.2. The molecule has 5 heteroatoms. The van der Waals surface area contributed by atoms with E-state index in [9.17, 15) is 9.90 Å². The molecule has 3 saturated heterocycles. The van der Waals surface area contributed by atoms with Crippen molar-refractivity contribution in [1.29, 1.82) is 0 Å². The molecule has 1 aromatic rings. The number of rotatable bonds is 6. The van der Waals surface area contributed by atoms with Crippen LogP contribution >= 0.6 is 0 Å². The Bertz CT molecular complexity index is 639. The molecular formula is C23H35N3O2. The van der Waals surface area contributed by atoms with Crippen LogP contribution in [0.1, 0.15) is 44.1 Å². The minimum Gasteiger partial charge on any atom is -0.379 e. The van der Waals surface area contributed by atoms with Crippen LogP contribution in [0.4, 0.5) is 0 Å². The van der Waals surface area contributed by atoms with Gasteiger partial charge in [-0.05, 0) is 76.7 Å². The summed E-state index contributed by atoms with van der Waals surface area (Å²) in [6.07, 6.45) is 7.36. The van der Waals surface area contributed by atoms with E-state index in [0.717, 1.165) is 32.5 Å². The Labute approximate surface area is 169 Å². The van der Waals surface area contributed by atoms with E-state index in [-0.39, 0.29) is 5.91 Å². The van der Waals surface area contributed by atoms with E-state index in [1.54, 1.807) is 0 Å². The second kappa shape index (κ2) is 8.93. The highest BCUT2D eigenvalue weighted by molar-refractivity contribution is 5.86. The summed E-state index contributed by atoms with van der Waals surface area (Å²) in [6.45, 7) is 6.47. The molecule has 1 amide bonds. The van der Waals surface area contributed by atoms with Gasteiger partial charge in [-0.15, -0.1) is 0 Å². The molecule has 1 unspecified atom stereocenters. The summed E-state index contributed by atoms with van der Waals surface area (Å²) in [5, 5.41) is 11.2. The predicted octanol–water partition coefficient (Wildman–Crippen LogP) is 2.14. The van der Waals surface area contributed by atoms with Crippen LogP contribution in [0.2, 0.25) is 0 Å². The van der Waals surface area contributed by atoms with Gasteiger partial charge in [-0.3, -0.25) is 9.69 Å². The highest BCUT2D eigenvalue weighted by Crippen LogP contribution is 2.27. The monoisotopic (exact) mass is 385 g/mol. The summed E-state index contributed by atoms with van der Waals surface area (Å²) in [5.74, 6) is -0.0589. The molecule has 5 nitrogen and oxygen atoms in total. The van der Waals surface area contributed by atoms with Crippen LogP contribution in [-0.2, 0) is 11.2 Å². The molecule has 4 rings (SSSR count). The standard InChI is InChI=1S/C23H35N3O2/c27-22-23(28,12-6-15-26(22)18-9-20-7-2-1-3-8-20)19-24-16-10-21(11-17-24)25-13-4-5-14-25/h1-3,7-8,21,28H,4-6,9-19H2. The average Bonchev–Trinajstić information content (AvgIpc) is 3.25. The Hall–Kier alpha value is -1.43. The van der Waals surface area contributed by atoms with Crippen molar-refractivity contribution in [2.24, 2.45) is 0 Å². The topological polar surface area (TPSA) is 47.0 Å². The van der Waals surface area contributed by atoms with Crippen LogP contribution < -0.4 is 0 Å². The number of likely N-dealkylation sites (tertiary alicyclic amines) is 3. The Morgan fingerprint density at radius 2 is 1.68 bits per heavy atom. The molecular weight excluding hydrogens is 350 g/mol. The van der Waals surface area contributed by atoms with Crippen molar-refractivity contribution in [2.45, 2.75) is 56.6 Å². The van der Waals surface area contributed by atoms with Gasteiger partial charge in [0.25, 0.3) is 5.91 Å². The lowest BCUT2D eigenvalue weighted by Crippen LogP contribution is -2.60. The number of aliphatic hydroxyl groups is 1. The number of carbonyl (C=O) groups excluding carboxylic acids is 1. The number of benzene rings is 1. The van der Waals surface area contributed by atoms with Crippen molar-refractivity contribution < 1.29 is 9.90 Å². The third-order valence-corrected chi connectivity index (χ3v) is 6.92. The summed E-state index contributed by atoms with van der Waals surface area (Å²) >= 11 is 0. The molecule has 0 radical (unpaired) electrons. The molecule has 3 heterocycles. The second-order valence-corrected chi connectivity index (χ2v) is 8.91. The maximum absolute atomic E-state index is 13.1. The van der Waals surface area contributed by atoms with Crippen LogP contribution in [0.15, 0.2) is 30.3 Å². The Balaban J connectivity index is 1.29. The number of β-amino-alcohol motifs (C(OH)–C–C–N with tert-alkyl or cyclic N) is 1. The van der Waals surface area contributed by atoms with Gasteiger partial charge in [-0.2, -0.15) is 0 Å². The molecule has 0 aromatic heterocycles. The quantitative estimate of drug-likeness (QED) is 0.815. The van der Waals surface area contributed by atoms with Gasteiger partial charge in [0.05, 0.1) is 0 Å². The van der Waals surface area contributed by atoms with Crippen molar-refractivity contribution in [3.05, 3.63) is 35.9 Å². The highest BCUT2D eigenvalue weighted by atomic mass is 16.3. The maximum atomic E-state index is 13.1. The van der Waals surface area contributed by atoms with Crippen molar-refractivity contribution in [1.82, 2.24) is 14.7 Å². The van der Waals surface area contributed by atoms with Gasteiger partial charge in [0, 0.05) is 25.7 Å². The Kier molecular flexibility index (Phi) is 6.34. The molecule has 1 aromatic carbocycles. The molecule has 0 saturated carbocycles. The molecule has 154 valence electrons. The molecule has 3 aliphatic heterocycles. The summed E-state index contributed by atoms with van der Waals surface area (Å²) in [4.78, 5) is 19.9. The molecule has 0 spiro atoms. The fourth-order valence-electron chi connectivity index (χ4n) is 5.25. The zero-order chi connectivity index (χ0) is 19.4. The van der Waals surface area contributed by atoms with Gasteiger partial charge in [-0.1, -0.05) is 30.3 Å². The van der Waals surface area contributed by atoms with E-state index in [1.807, 2.05) is 23.1 Å². The molecule has 1 atom stereocenters. The van der Waals surface area contributed by atoms with E-state index in [2.05, 4.69) is 21.9 Å². The van der Waals surface area contributed by atoms with Gasteiger partial charge in [0.15, 0.2) is 5.60 Å². The van der Waals surface area contributed by atoms with E-state index in [1.165, 1.54) is 44.3 Å². The molecule has 3 fully saturated rings. The lowest BCUT2D eigenvalue weighted by atomic mass is 9.89. The first-order valence-electron chi connectivity index (χ1n) is 11.2. The van der Waals surface area contributed by atoms with Crippen LogP contribution in [0.3, 0.4) is 0 Å². The van der Waals surface area contributed by atoms with Gasteiger partial charge >= 0.3 is 0 Å². The van der Waals surface area contributed by atoms with Gasteiger partial charge < -0.3 is 14.9 Å². The average molecular weight is 386 g/mol. The maximum Gasteiger partial charge on any atom is 0.255 e. The number of hydrogen-bond donors (Lipinski definition) is 1. The SMILES string of the molecule is O=C1N(CCc2ccccc2)CCCC1(O)CN1CCC(N2CCCC2)CC1. The van der Waals surface area contributed by atoms with Crippen LogP contribution in [0.5, 0.6) is 0 Å². The first kappa shape index (κ1) is 19.9. The minimum absolute atomic E-state index is 0.0589. The smallest absolute Gasteiger partial charge is 0.255 e. The van der Waals surface area contributed by atoms with E-state index in [0.29, 0.717) is 25.6 Å². The van der Waals surface area contributed by atoms with Crippen LogP contribution in [0.25, 0.3) is 0 Å². The number of amides is 1. The van der Waals surface area contributed by atoms with Crippen molar-refractivity contribution in [3.8, 4) is 0 Å². The lowest BCUT2D eigenvalue weighted by Gasteiger charge is -2.43. The van der Waals surface area contributed by atoms with Crippen molar-refractivity contribution >= 4 is 5.91 Å². The summed E-state index contributed by atoms with van der Waals surface area (Å²) in [6, 6.07) is 11.0. The fourth-order valence-corrected chi connectivity index (χ4v) is 5.25. The van der Waals surface area contributed by atoms with E-state index < -0.39 is 5.60 Å². The minimum atomic E-state index is -1.20. The number of carbonyl (C=O) groups is 1. The van der Waals surface area contributed by atoms with Crippen molar-refractivity contribution in [3.63, 3.8) is 0 Å². The van der Waals surface area contributed by atoms with Crippen molar-refractivity contribution in [2.75, 3.05) is 45.8 Å². The fraction of sp³-hybridized carbons (Fsp3) is 0.696.